The highest BCUT2D eigenvalue weighted by molar-refractivity contribution is 6.48. The van der Waals surface area contributed by atoms with E-state index >= 15 is 0 Å². The first-order valence-corrected chi connectivity index (χ1v) is 4.97. The fourth-order valence-corrected chi connectivity index (χ4v) is 1.44. The minimum Gasteiger partial charge on any atom is -0.481 e. The van der Waals surface area contributed by atoms with Crippen molar-refractivity contribution in [3.63, 3.8) is 0 Å². The molecular formula is C10H12BFO6. The van der Waals surface area contributed by atoms with Gasteiger partial charge in [-0.1, -0.05) is 0 Å². The molecule has 1 aromatic carbocycles. The van der Waals surface area contributed by atoms with Crippen molar-refractivity contribution in [1.82, 2.24) is 0 Å². The summed E-state index contributed by atoms with van der Waals surface area (Å²) in [5, 5.41) is 27.0. The van der Waals surface area contributed by atoms with Crippen LogP contribution >= 0.6 is 0 Å². The van der Waals surface area contributed by atoms with E-state index in [0.717, 1.165) is 12.1 Å². The molecule has 0 bridgehead atoms. The zero-order chi connectivity index (χ0) is 13.7. The van der Waals surface area contributed by atoms with Crippen LogP contribution in [0.25, 0.3) is 0 Å². The molecule has 8 heteroatoms. The largest absolute Gasteiger partial charge is 0.481 e. The summed E-state index contributed by atoms with van der Waals surface area (Å²) in [7, 11) is -0.812. The number of hydrogen-bond acceptors (Lipinski definition) is 5. The minimum absolute atomic E-state index is 0.0127. The highest BCUT2D eigenvalue weighted by atomic mass is 19.1. The number of benzene rings is 1. The van der Waals surface area contributed by atoms with Gasteiger partial charge in [0.1, 0.15) is 17.4 Å². The van der Waals surface area contributed by atoms with Gasteiger partial charge < -0.3 is 24.6 Å². The Bertz CT molecular complexity index is 425. The molecule has 0 aromatic heterocycles. The van der Waals surface area contributed by atoms with Crippen LogP contribution in [-0.4, -0.2) is 42.1 Å². The van der Waals surface area contributed by atoms with Crippen LogP contribution in [0.4, 0.5) is 4.39 Å². The summed E-state index contributed by atoms with van der Waals surface area (Å²) in [5.41, 5.74) is -0.172. The van der Waals surface area contributed by atoms with Gasteiger partial charge in [0.15, 0.2) is 6.79 Å². The Morgan fingerprint density at radius 3 is 2.67 bits per heavy atom. The zero-order valence-corrected chi connectivity index (χ0v) is 9.54. The number of rotatable bonds is 6. The number of halogens is 1. The van der Waals surface area contributed by atoms with Crippen LogP contribution in [0.15, 0.2) is 18.2 Å². The molecule has 0 saturated carbocycles. The summed E-state index contributed by atoms with van der Waals surface area (Å²) in [6.07, 6.45) is 0. The van der Waals surface area contributed by atoms with E-state index in [1.165, 1.54) is 13.2 Å². The number of methoxy groups -OCH3 is 1. The van der Waals surface area contributed by atoms with Gasteiger partial charge in [0.25, 0.3) is 0 Å². The topological polar surface area (TPSA) is 96.2 Å². The van der Waals surface area contributed by atoms with Gasteiger partial charge in [-0.3, -0.25) is 4.79 Å². The average molecular weight is 258 g/mol. The van der Waals surface area contributed by atoms with Crippen molar-refractivity contribution >= 4 is 13.1 Å². The molecule has 0 spiro atoms. The van der Waals surface area contributed by atoms with Gasteiger partial charge in [0.05, 0.1) is 0 Å². The van der Waals surface area contributed by atoms with E-state index in [1.54, 1.807) is 0 Å². The van der Waals surface area contributed by atoms with Gasteiger partial charge >= 0.3 is 13.1 Å². The van der Waals surface area contributed by atoms with Crippen molar-refractivity contribution < 1.29 is 33.8 Å². The molecule has 0 aliphatic carbocycles. The summed E-state index contributed by atoms with van der Waals surface area (Å²) >= 11 is 0. The average Bonchev–Trinajstić information content (AvgIpc) is 2.27. The lowest BCUT2D eigenvalue weighted by molar-refractivity contribution is -0.137. The number of carboxylic acid groups (broad SMARTS) is 1. The summed E-state index contributed by atoms with van der Waals surface area (Å²) in [6, 6.07) is 3.14. The molecule has 0 aliphatic heterocycles. The quantitative estimate of drug-likeness (QED) is 0.490. The van der Waals surface area contributed by atoms with Gasteiger partial charge in [-0.25, -0.2) is 4.39 Å². The first kappa shape index (κ1) is 14.4. The Morgan fingerprint density at radius 2 is 2.17 bits per heavy atom. The van der Waals surface area contributed by atoms with E-state index in [2.05, 4.69) is 4.74 Å². The molecule has 1 atom stereocenters. The molecular weight excluding hydrogens is 246 g/mol. The van der Waals surface area contributed by atoms with Gasteiger partial charge in [0.2, 0.25) is 0 Å². The number of aliphatic carboxylic acids is 1. The number of ether oxygens (including phenoxy) is 2. The van der Waals surface area contributed by atoms with E-state index in [0.29, 0.717) is 0 Å². The number of carbonyl (C=O) groups is 1. The lowest BCUT2D eigenvalue weighted by Gasteiger charge is -2.16. The minimum atomic E-state index is -2.17. The summed E-state index contributed by atoms with van der Waals surface area (Å²) in [5.74, 6) is -3.90. The lowest BCUT2D eigenvalue weighted by atomic mass is 9.68. The maximum absolute atomic E-state index is 13.1. The van der Waals surface area contributed by atoms with Crippen LogP contribution in [-0.2, 0) is 9.53 Å². The SMILES string of the molecule is COCOc1ccc(F)cc1C(B(O)O)C(=O)O. The molecule has 1 aromatic rings. The molecule has 1 rings (SSSR count). The number of carboxylic acids is 1. The molecule has 0 fully saturated rings. The van der Waals surface area contributed by atoms with Crippen molar-refractivity contribution in [2.45, 2.75) is 5.82 Å². The second kappa shape index (κ2) is 6.34. The molecule has 18 heavy (non-hydrogen) atoms. The summed E-state index contributed by atoms with van der Waals surface area (Å²) in [6.45, 7) is -0.174. The second-order valence-electron chi connectivity index (χ2n) is 3.46. The molecule has 6 nitrogen and oxygen atoms in total. The van der Waals surface area contributed by atoms with Crippen molar-refractivity contribution in [1.29, 1.82) is 0 Å². The molecule has 1 unspecified atom stereocenters. The van der Waals surface area contributed by atoms with Crippen LogP contribution in [0.1, 0.15) is 11.4 Å². The van der Waals surface area contributed by atoms with Gasteiger partial charge in [-0.05, 0) is 18.2 Å². The van der Waals surface area contributed by atoms with Crippen molar-refractivity contribution in [2.75, 3.05) is 13.9 Å². The summed E-state index contributed by atoms with van der Waals surface area (Å²) < 4.78 is 22.8. The van der Waals surface area contributed by atoms with E-state index in [-0.39, 0.29) is 18.1 Å². The van der Waals surface area contributed by atoms with Gasteiger partial charge in [-0.2, -0.15) is 0 Å². The number of hydrogen-bond donors (Lipinski definition) is 3. The Hall–Kier alpha value is -1.64. The van der Waals surface area contributed by atoms with E-state index < -0.39 is 24.7 Å². The van der Waals surface area contributed by atoms with E-state index in [1.807, 2.05) is 0 Å². The Morgan fingerprint density at radius 1 is 1.50 bits per heavy atom. The van der Waals surface area contributed by atoms with Crippen LogP contribution in [0.3, 0.4) is 0 Å². The highest BCUT2D eigenvalue weighted by Crippen LogP contribution is 2.28. The van der Waals surface area contributed by atoms with Crippen LogP contribution in [0, 0.1) is 5.82 Å². The monoisotopic (exact) mass is 258 g/mol. The molecule has 0 amide bonds. The molecule has 0 saturated heterocycles. The first-order valence-electron chi connectivity index (χ1n) is 4.97. The standard InChI is InChI=1S/C10H12BFO6/c1-17-5-18-8-3-2-6(12)4-7(8)9(10(13)14)11(15)16/h2-4,9,15-16H,5H2,1H3,(H,13,14). The third-order valence-corrected chi connectivity index (χ3v) is 2.20. The Labute approximate surface area is 103 Å². The highest BCUT2D eigenvalue weighted by Gasteiger charge is 2.35. The van der Waals surface area contributed by atoms with Crippen molar-refractivity contribution in [3.8, 4) is 5.75 Å². The summed E-state index contributed by atoms with van der Waals surface area (Å²) in [4.78, 5) is 10.9. The first-order chi connectivity index (χ1) is 8.47. The van der Waals surface area contributed by atoms with Crippen molar-refractivity contribution in [3.05, 3.63) is 29.6 Å². The van der Waals surface area contributed by atoms with Crippen molar-refractivity contribution in [2.24, 2.45) is 0 Å². The van der Waals surface area contributed by atoms with E-state index in [4.69, 9.17) is 19.9 Å². The maximum Gasteiger partial charge on any atom is 0.471 e. The fourth-order valence-electron chi connectivity index (χ4n) is 1.44. The Kier molecular flexibility index (Phi) is 5.08. The maximum atomic E-state index is 13.1. The third kappa shape index (κ3) is 3.43. The van der Waals surface area contributed by atoms with Gasteiger partial charge in [-0.15, -0.1) is 0 Å². The predicted octanol–water partition coefficient (Wildman–Crippen LogP) is -0.0114. The molecule has 0 aliphatic rings. The van der Waals surface area contributed by atoms with Crippen LogP contribution < -0.4 is 4.74 Å². The lowest BCUT2D eigenvalue weighted by Crippen LogP contribution is -2.30. The normalized spacial score (nSPS) is 12.0. The molecule has 98 valence electrons. The molecule has 0 radical (unpaired) electrons. The zero-order valence-electron chi connectivity index (χ0n) is 9.54. The predicted molar refractivity (Wildman–Crippen MR) is 59.5 cm³/mol. The molecule has 0 heterocycles. The fraction of sp³-hybridized carbons (Fsp3) is 0.300. The van der Waals surface area contributed by atoms with Gasteiger partial charge in [0, 0.05) is 12.7 Å². The Balaban J connectivity index is 3.17. The van der Waals surface area contributed by atoms with Crippen LogP contribution in [0.2, 0.25) is 0 Å². The van der Waals surface area contributed by atoms with E-state index in [9.17, 15) is 9.18 Å². The molecule has 3 N–H and O–H groups in total. The smallest absolute Gasteiger partial charge is 0.471 e. The van der Waals surface area contributed by atoms with Crippen LogP contribution in [0.5, 0.6) is 5.75 Å². The second-order valence-corrected chi connectivity index (χ2v) is 3.46. The third-order valence-electron chi connectivity index (χ3n) is 2.20.